The number of pyridine rings is 1. The van der Waals surface area contributed by atoms with Gasteiger partial charge in [0, 0.05) is 49.4 Å². The lowest BCUT2D eigenvalue weighted by Crippen LogP contribution is -2.43. The van der Waals surface area contributed by atoms with Crippen LogP contribution in [0.3, 0.4) is 0 Å². The van der Waals surface area contributed by atoms with E-state index in [-0.39, 0.29) is 11.9 Å². The number of H-pyrrole nitrogens is 1. The maximum absolute atomic E-state index is 12.6. The number of nitrogens with zero attached hydrogens (tertiary/aromatic N) is 1. The largest absolute Gasteiger partial charge is 0.349 e. The molecular formula is C19H24N5O2+. The molecule has 3 aromatic rings. The number of aryl methyl sites for hydroxylation is 1. The second-order valence-corrected chi connectivity index (χ2v) is 6.25. The molecule has 26 heavy (non-hydrogen) atoms. The minimum absolute atomic E-state index is 0.122. The van der Waals surface area contributed by atoms with Crippen LogP contribution in [0.2, 0.25) is 0 Å². The molecule has 4 N–H and O–H groups in total. The Morgan fingerprint density at radius 1 is 1.12 bits per heavy atom. The highest BCUT2D eigenvalue weighted by Gasteiger charge is 2.23. The molecule has 0 spiro atoms. The van der Waals surface area contributed by atoms with E-state index >= 15 is 0 Å². The molecule has 3 amide bonds. The number of urea groups is 1. The van der Waals surface area contributed by atoms with Crippen molar-refractivity contribution in [3.63, 3.8) is 0 Å². The summed E-state index contributed by atoms with van der Waals surface area (Å²) in [6.07, 6.45) is 0.664. The molecule has 3 rings (SSSR count). The summed E-state index contributed by atoms with van der Waals surface area (Å²) in [4.78, 5) is 27.2. The van der Waals surface area contributed by atoms with Gasteiger partial charge in [-0.3, -0.25) is 4.79 Å². The van der Waals surface area contributed by atoms with Crippen LogP contribution < -0.4 is 20.5 Å². The third-order valence-electron chi connectivity index (χ3n) is 4.64. The lowest BCUT2D eigenvalue weighted by molar-refractivity contribution is -0.678. The van der Waals surface area contributed by atoms with Crippen LogP contribution in [0.1, 0.15) is 22.6 Å². The number of aromatic amines is 1. The molecule has 0 radical (unpaired) electrons. The maximum Gasteiger partial charge on any atom is 0.316 e. The number of aromatic nitrogens is 2. The third-order valence-corrected chi connectivity index (χ3v) is 4.64. The lowest BCUT2D eigenvalue weighted by atomic mass is 10.1. The van der Waals surface area contributed by atoms with E-state index in [1.54, 1.807) is 7.05 Å². The highest BCUT2D eigenvalue weighted by atomic mass is 16.2. The van der Waals surface area contributed by atoms with Crippen molar-refractivity contribution in [1.29, 1.82) is 0 Å². The fourth-order valence-corrected chi connectivity index (χ4v) is 3.07. The number of rotatable bonds is 5. The zero-order valence-corrected chi connectivity index (χ0v) is 15.3. The van der Waals surface area contributed by atoms with E-state index in [4.69, 9.17) is 0 Å². The van der Waals surface area contributed by atoms with Crippen molar-refractivity contribution in [2.45, 2.75) is 13.3 Å². The SMILES string of the molecule is CNC(=O)NCCCNC(=O)c1cc2c([nH]c3ccccc32)c(C)[n+]1C. The van der Waals surface area contributed by atoms with Crippen LogP contribution in [0, 0.1) is 6.92 Å². The Bertz CT molecular complexity index is 977. The molecule has 2 heterocycles. The third kappa shape index (κ3) is 3.33. The first-order chi connectivity index (χ1) is 12.5. The fourth-order valence-electron chi connectivity index (χ4n) is 3.07. The number of carbonyl (C=O) groups is 2. The fraction of sp³-hybridized carbons (Fsp3) is 0.316. The normalized spacial score (nSPS) is 10.9. The Balaban J connectivity index is 1.78. The van der Waals surface area contributed by atoms with E-state index in [1.807, 2.05) is 42.8 Å². The van der Waals surface area contributed by atoms with Crippen LogP contribution in [-0.4, -0.2) is 37.1 Å². The first-order valence-corrected chi connectivity index (χ1v) is 8.66. The summed E-state index contributed by atoms with van der Waals surface area (Å²) in [6.45, 7) is 3.00. The van der Waals surface area contributed by atoms with Gasteiger partial charge in [-0.05, 0) is 12.5 Å². The Hall–Kier alpha value is -3.09. The van der Waals surface area contributed by atoms with E-state index in [1.165, 1.54) is 0 Å². The van der Waals surface area contributed by atoms with Crippen molar-refractivity contribution in [1.82, 2.24) is 20.9 Å². The summed E-state index contributed by atoms with van der Waals surface area (Å²) >= 11 is 0. The van der Waals surface area contributed by atoms with Gasteiger partial charge in [-0.15, -0.1) is 0 Å². The van der Waals surface area contributed by atoms with Crippen molar-refractivity contribution in [2.24, 2.45) is 7.05 Å². The second-order valence-electron chi connectivity index (χ2n) is 6.25. The molecule has 0 aliphatic heterocycles. The van der Waals surface area contributed by atoms with Gasteiger partial charge in [0.25, 0.3) is 5.69 Å². The monoisotopic (exact) mass is 354 g/mol. The summed E-state index contributed by atoms with van der Waals surface area (Å²) in [5.74, 6) is -0.122. The molecule has 1 aromatic carbocycles. The van der Waals surface area contributed by atoms with Crippen molar-refractivity contribution in [2.75, 3.05) is 20.1 Å². The standard InChI is InChI=1S/C19H23N5O2/c1-12-17-14(13-7-4-5-8-15(13)23-17)11-16(24(12)3)18(25)21-9-6-10-22-19(26)20-2/h4-5,7-8,11H,6,9-10H2,1-3H3,(H3,20,21,22,25,26)/p+1. The highest BCUT2D eigenvalue weighted by molar-refractivity contribution is 6.09. The second kappa shape index (κ2) is 7.43. The summed E-state index contributed by atoms with van der Waals surface area (Å²) in [7, 11) is 3.46. The van der Waals surface area contributed by atoms with Crippen LogP contribution in [0.15, 0.2) is 30.3 Å². The number of carbonyl (C=O) groups excluding carboxylic acids is 2. The molecule has 7 nitrogen and oxygen atoms in total. The van der Waals surface area contributed by atoms with Gasteiger partial charge in [0.15, 0.2) is 0 Å². The van der Waals surface area contributed by atoms with Gasteiger partial charge in [0.05, 0.1) is 0 Å². The maximum atomic E-state index is 12.6. The first-order valence-electron chi connectivity index (χ1n) is 8.66. The predicted octanol–water partition coefficient (Wildman–Crippen LogP) is 1.50. The average molecular weight is 354 g/mol. The molecule has 0 aliphatic carbocycles. The van der Waals surface area contributed by atoms with E-state index in [9.17, 15) is 9.59 Å². The average Bonchev–Trinajstić information content (AvgIpc) is 3.02. The number of hydrogen-bond acceptors (Lipinski definition) is 2. The predicted molar refractivity (Wildman–Crippen MR) is 101 cm³/mol. The summed E-state index contributed by atoms with van der Waals surface area (Å²) in [5, 5.41) is 10.3. The van der Waals surface area contributed by atoms with Gasteiger partial charge in [-0.1, -0.05) is 18.2 Å². The Morgan fingerprint density at radius 3 is 2.62 bits per heavy atom. The van der Waals surface area contributed by atoms with Crippen LogP contribution in [0.4, 0.5) is 4.79 Å². The van der Waals surface area contributed by atoms with Crippen molar-refractivity contribution >= 4 is 33.7 Å². The zero-order chi connectivity index (χ0) is 18.7. The smallest absolute Gasteiger partial charge is 0.316 e. The molecule has 0 aliphatic rings. The number of para-hydroxylation sites is 1. The number of nitrogens with one attached hydrogen (secondary N) is 4. The number of benzene rings is 1. The molecule has 2 aromatic heterocycles. The van der Waals surface area contributed by atoms with E-state index in [0.717, 1.165) is 27.5 Å². The minimum atomic E-state index is -0.219. The van der Waals surface area contributed by atoms with Crippen LogP contribution in [0.25, 0.3) is 21.8 Å². The number of amides is 3. The van der Waals surface area contributed by atoms with Gasteiger partial charge in [0.2, 0.25) is 5.69 Å². The van der Waals surface area contributed by atoms with Gasteiger partial charge in [0.1, 0.15) is 12.6 Å². The minimum Gasteiger partial charge on any atom is -0.349 e. The number of hydrogen-bond donors (Lipinski definition) is 4. The van der Waals surface area contributed by atoms with Gasteiger partial charge in [-0.25, -0.2) is 4.79 Å². The lowest BCUT2D eigenvalue weighted by Gasteiger charge is -2.07. The van der Waals surface area contributed by atoms with Crippen molar-refractivity contribution in [3.8, 4) is 0 Å². The molecule has 0 saturated heterocycles. The topological polar surface area (TPSA) is 89.9 Å². The zero-order valence-electron chi connectivity index (χ0n) is 15.3. The van der Waals surface area contributed by atoms with Crippen molar-refractivity contribution in [3.05, 3.63) is 41.7 Å². The van der Waals surface area contributed by atoms with E-state index in [0.29, 0.717) is 25.2 Å². The molecule has 0 saturated carbocycles. The van der Waals surface area contributed by atoms with Gasteiger partial charge in [-0.2, -0.15) is 4.57 Å². The summed E-state index contributed by atoms with van der Waals surface area (Å²) < 4.78 is 1.90. The van der Waals surface area contributed by atoms with E-state index in [2.05, 4.69) is 27.0 Å². The highest BCUT2D eigenvalue weighted by Crippen LogP contribution is 2.26. The van der Waals surface area contributed by atoms with Crippen molar-refractivity contribution < 1.29 is 14.2 Å². The molecule has 0 fully saturated rings. The van der Waals surface area contributed by atoms with E-state index < -0.39 is 0 Å². The molecule has 136 valence electrons. The quantitative estimate of drug-likeness (QED) is 0.413. The van der Waals surface area contributed by atoms with Gasteiger partial charge >= 0.3 is 11.9 Å². The molecule has 0 atom stereocenters. The Labute approximate surface area is 151 Å². The van der Waals surface area contributed by atoms with Crippen LogP contribution >= 0.6 is 0 Å². The van der Waals surface area contributed by atoms with Crippen LogP contribution in [-0.2, 0) is 7.05 Å². The summed E-state index contributed by atoms with van der Waals surface area (Å²) in [6, 6.07) is 9.79. The molecule has 0 bridgehead atoms. The molecular weight excluding hydrogens is 330 g/mol. The molecule has 7 heteroatoms. The molecule has 0 unspecified atom stereocenters. The van der Waals surface area contributed by atoms with Gasteiger partial charge < -0.3 is 20.9 Å². The Kier molecular flexibility index (Phi) is 5.06. The summed E-state index contributed by atoms with van der Waals surface area (Å²) in [5.41, 5.74) is 3.72. The Morgan fingerprint density at radius 2 is 1.85 bits per heavy atom. The first kappa shape index (κ1) is 17.7. The number of fused-ring (bicyclic) bond motifs is 3. The van der Waals surface area contributed by atoms with Crippen LogP contribution in [0.5, 0.6) is 0 Å².